The van der Waals surface area contributed by atoms with Gasteiger partial charge >= 0.3 is 0 Å². The molecule has 4 heteroatoms. The summed E-state index contributed by atoms with van der Waals surface area (Å²) in [5.41, 5.74) is 0. The van der Waals surface area contributed by atoms with Gasteiger partial charge in [-0.1, -0.05) is 19.8 Å². The van der Waals surface area contributed by atoms with Crippen molar-refractivity contribution in [1.29, 1.82) is 0 Å². The van der Waals surface area contributed by atoms with Crippen molar-refractivity contribution in [2.24, 2.45) is 11.8 Å². The van der Waals surface area contributed by atoms with Crippen LogP contribution in [0.4, 0.5) is 0 Å². The molecule has 1 fully saturated rings. The highest BCUT2D eigenvalue weighted by atomic mass is 16.5. The monoisotopic (exact) mass is 271 g/mol. The fourth-order valence-electron chi connectivity index (χ4n) is 2.90. The molecule has 0 aromatic rings. The van der Waals surface area contributed by atoms with E-state index in [0.29, 0.717) is 19.0 Å². The topological polar surface area (TPSA) is 49.8 Å². The Morgan fingerprint density at radius 1 is 1.42 bits per heavy atom. The van der Waals surface area contributed by atoms with Gasteiger partial charge < -0.3 is 14.7 Å². The minimum absolute atomic E-state index is 0.0729. The summed E-state index contributed by atoms with van der Waals surface area (Å²) in [4.78, 5) is 14.1. The van der Waals surface area contributed by atoms with Crippen molar-refractivity contribution in [3.05, 3.63) is 0 Å². The zero-order chi connectivity index (χ0) is 14.1. The number of hydrogen-bond donors (Lipinski definition) is 1. The first-order valence-electron chi connectivity index (χ1n) is 7.57. The number of aliphatic hydroxyl groups excluding tert-OH is 1. The van der Waals surface area contributed by atoms with Crippen LogP contribution >= 0.6 is 0 Å². The number of hydrogen-bond acceptors (Lipinski definition) is 4. The molecule has 2 atom stereocenters. The summed E-state index contributed by atoms with van der Waals surface area (Å²) in [7, 11) is 2.04. The van der Waals surface area contributed by atoms with Crippen molar-refractivity contribution in [3.8, 4) is 0 Å². The SMILES string of the molecule is CCCC1CCC(=O)C(CN(C)CCOCCO)C1. The Balaban J connectivity index is 2.26. The zero-order valence-corrected chi connectivity index (χ0v) is 12.4. The van der Waals surface area contributed by atoms with Crippen LogP contribution in [0, 0.1) is 11.8 Å². The Labute approximate surface area is 117 Å². The summed E-state index contributed by atoms with van der Waals surface area (Å²) >= 11 is 0. The number of nitrogens with zero attached hydrogens (tertiary/aromatic N) is 1. The molecule has 1 saturated carbocycles. The van der Waals surface area contributed by atoms with Crippen molar-refractivity contribution in [2.75, 3.05) is 40.0 Å². The second-order valence-corrected chi connectivity index (χ2v) is 5.69. The third-order valence-electron chi connectivity index (χ3n) is 3.95. The first-order chi connectivity index (χ1) is 9.17. The van der Waals surface area contributed by atoms with Crippen molar-refractivity contribution in [1.82, 2.24) is 4.90 Å². The molecular weight excluding hydrogens is 242 g/mol. The van der Waals surface area contributed by atoms with Crippen LogP contribution in [0.2, 0.25) is 0 Å². The summed E-state index contributed by atoms with van der Waals surface area (Å²) in [6.45, 7) is 4.98. The summed E-state index contributed by atoms with van der Waals surface area (Å²) in [5.74, 6) is 1.40. The molecule has 1 N–H and O–H groups in total. The molecule has 0 aliphatic heterocycles. The molecule has 0 heterocycles. The number of carbonyl (C=O) groups is 1. The first-order valence-corrected chi connectivity index (χ1v) is 7.57. The van der Waals surface area contributed by atoms with Gasteiger partial charge in [0.25, 0.3) is 0 Å². The zero-order valence-electron chi connectivity index (χ0n) is 12.4. The molecule has 2 unspecified atom stereocenters. The van der Waals surface area contributed by atoms with Crippen LogP contribution in [0.5, 0.6) is 0 Å². The van der Waals surface area contributed by atoms with E-state index in [-0.39, 0.29) is 12.5 Å². The lowest BCUT2D eigenvalue weighted by Crippen LogP contribution is -2.36. The van der Waals surface area contributed by atoms with E-state index in [1.54, 1.807) is 0 Å². The second-order valence-electron chi connectivity index (χ2n) is 5.69. The molecule has 0 radical (unpaired) electrons. The lowest BCUT2D eigenvalue weighted by molar-refractivity contribution is -0.126. The van der Waals surface area contributed by atoms with Crippen LogP contribution in [-0.2, 0) is 9.53 Å². The predicted molar refractivity (Wildman–Crippen MR) is 76.1 cm³/mol. The quantitative estimate of drug-likeness (QED) is 0.649. The fourth-order valence-corrected chi connectivity index (χ4v) is 2.90. The van der Waals surface area contributed by atoms with Gasteiger partial charge in [-0.05, 0) is 25.8 Å². The van der Waals surface area contributed by atoms with E-state index in [4.69, 9.17) is 9.84 Å². The van der Waals surface area contributed by atoms with Gasteiger partial charge in [-0.15, -0.1) is 0 Å². The van der Waals surface area contributed by atoms with Crippen molar-refractivity contribution in [3.63, 3.8) is 0 Å². The molecule has 0 saturated heterocycles. The average molecular weight is 271 g/mol. The van der Waals surface area contributed by atoms with Gasteiger partial charge in [0.05, 0.1) is 19.8 Å². The highest BCUT2D eigenvalue weighted by Crippen LogP contribution is 2.30. The van der Waals surface area contributed by atoms with E-state index >= 15 is 0 Å². The molecule has 0 bridgehead atoms. The fraction of sp³-hybridized carbons (Fsp3) is 0.933. The normalized spacial score (nSPS) is 24.1. The Hall–Kier alpha value is -0.450. The molecule has 1 aliphatic carbocycles. The highest BCUT2D eigenvalue weighted by Gasteiger charge is 2.28. The van der Waals surface area contributed by atoms with Crippen LogP contribution in [0.1, 0.15) is 39.0 Å². The van der Waals surface area contributed by atoms with Gasteiger partial charge in [0.2, 0.25) is 0 Å². The Morgan fingerprint density at radius 2 is 2.21 bits per heavy atom. The van der Waals surface area contributed by atoms with Gasteiger partial charge in [-0.3, -0.25) is 4.79 Å². The third-order valence-corrected chi connectivity index (χ3v) is 3.95. The van der Waals surface area contributed by atoms with Crippen LogP contribution in [-0.4, -0.2) is 55.7 Å². The maximum atomic E-state index is 12.0. The van der Waals surface area contributed by atoms with Crippen molar-refractivity contribution < 1.29 is 14.6 Å². The molecule has 0 aromatic carbocycles. The van der Waals surface area contributed by atoms with Gasteiger partial charge in [-0.2, -0.15) is 0 Å². The summed E-state index contributed by atoms with van der Waals surface area (Å²) in [6.07, 6.45) is 5.40. The molecule has 0 amide bonds. The molecular formula is C15H29NO3. The van der Waals surface area contributed by atoms with Gasteiger partial charge in [0.1, 0.15) is 5.78 Å². The minimum atomic E-state index is 0.0729. The average Bonchev–Trinajstić information content (AvgIpc) is 2.39. The van der Waals surface area contributed by atoms with Gasteiger partial charge in [-0.25, -0.2) is 0 Å². The van der Waals surface area contributed by atoms with E-state index in [1.165, 1.54) is 12.8 Å². The second kappa shape index (κ2) is 9.45. The smallest absolute Gasteiger partial charge is 0.137 e. The Kier molecular flexibility index (Phi) is 8.26. The lowest BCUT2D eigenvalue weighted by Gasteiger charge is -2.30. The number of ketones is 1. The Morgan fingerprint density at radius 3 is 2.89 bits per heavy atom. The predicted octanol–water partition coefficient (Wildman–Crippen LogP) is 1.71. The van der Waals surface area contributed by atoms with Crippen molar-refractivity contribution >= 4 is 5.78 Å². The lowest BCUT2D eigenvalue weighted by atomic mass is 9.78. The van der Waals surface area contributed by atoms with E-state index in [2.05, 4.69) is 11.8 Å². The number of Topliss-reactive ketones (excluding diaryl/α,β-unsaturated/α-hetero) is 1. The summed E-state index contributed by atoms with van der Waals surface area (Å²) in [6, 6.07) is 0. The van der Waals surface area contributed by atoms with E-state index in [9.17, 15) is 4.79 Å². The van der Waals surface area contributed by atoms with E-state index in [1.807, 2.05) is 7.05 Å². The summed E-state index contributed by atoms with van der Waals surface area (Å²) in [5, 5.41) is 8.62. The number of aliphatic hydroxyl groups is 1. The Bertz CT molecular complexity index is 258. The number of likely N-dealkylation sites (N-methyl/N-ethyl adjacent to an activating group) is 1. The number of rotatable bonds is 9. The standard InChI is InChI=1S/C15H29NO3/c1-3-4-13-5-6-15(18)14(11-13)12-16(2)7-9-19-10-8-17/h13-14,17H,3-12H2,1-2H3. The first kappa shape index (κ1) is 16.6. The maximum Gasteiger partial charge on any atom is 0.137 e. The minimum Gasteiger partial charge on any atom is -0.394 e. The van der Waals surface area contributed by atoms with Gasteiger partial charge in [0, 0.05) is 25.4 Å². The van der Waals surface area contributed by atoms with Crippen LogP contribution in [0.3, 0.4) is 0 Å². The maximum absolute atomic E-state index is 12.0. The van der Waals surface area contributed by atoms with E-state index in [0.717, 1.165) is 38.3 Å². The molecule has 1 rings (SSSR count). The van der Waals surface area contributed by atoms with Crippen molar-refractivity contribution in [2.45, 2.75) is 39.0 Å². The van der Waals surface area contributed by atoms with Crippen LogP contribution < -0.4 is 0 Å². The van der Waals surface area contributed by atoms with E-state index < -0.39 is 0 Å². The number of carbonyl (C=O) groups excluding carboxylic acids is 1. The summed E-state index contributed by atoms with van der Waals surface area (Å²) < 4.78 is 5.25. The molecule has 4 nitrogen and oxygen atoms in total. The van der Waals surface area contributed by atoms with Crippen LogP contribution in [0.25, 0.3) is 0 Å². The largest absolute Gasteiger partial charge is 0.394 e. The third kappa shape index (κ3) is 6.50. The molecule has 19 heavy (non-hydrogen) atoms. The number of ether oxygens (including phenoxy) is 1. The highest BCUT2D eigenvalue weighted by molar-refractivity contribution is 5.81. The molecule has 112 valence electrons. The van der Waals surface area contributed by atoms with Crippen LogP contribution in [0.15, 0.2) is 0 Å². The molecule has 0 aromatic heterocycles. The molecule has 0 spiro atoms. The van der Waals surface area contributed by atoms with Gasteiger partial charge in [0.15, 0.2) is 0 Å². The molecule has 1 aliphatic rings.